The zero-order valence-electron chi connectivity index (χ0n) is 24.0. The number of nitrogens with one attached hydrogen (secondary N) is 2. The molecular weight excluding hydrogens is 568 g/mol. The lowest BCUT2D eigenvalue weighted by Gasteiger charge is -2.34. The third-order valence-electron chi connectivity index (χ3n) is 9.08. The van der Waals surface area contributed by atoms with Gasteiger partial charge < -0.3 is 10.6 Å². The van der Waals surface area contributed by atoms with Crippen molar-refractivity contribution in [2.45, 2.75) is 102 Å². The molecule has 2 amide bonds. The molecule has 1 unspecified atom stereocenters. The summed E-state index contributed by atoms with van der Waals surface area (Å²) in [4.78, 5) is 31.6. The molecule has 232 valence electrons. The number of imidazole rings is 1. The van der Waals surface area contributed by atoms with Gasteiger partial charge in [0.15, 0.2) is 11.3 Å². The molecule has 3 aromatic heterocycles. The van der Waals surface area contributed by atoms with Crippen molar-refractivity contribution in [3.05, 3.63) is 41.6 Å². The molecule has 3 saturated carbocycles. The molecule has 3 fully saturated rings. The van der Waals surface area contributed by atoms with E-state index >= 15 is 0 Å². The zero-order valence-corrected chi connectivity index (χ0v) is 24.0. The molecule has 10 nitrogen and oxygen atoms in total. The minimum absolute atomic E-state index is 0.0112. The average Bonchev–Trinajstić information content (AvgIpc) is 3.28. The van der Waals surface area contributed by atoms with Crippen molar-refractivity contribution in [3.63, 3.8) is 0 Å². The highest BCUT2D eigenvalue weighted by Crippen LogP contribution is 2.49. The quantitative estimate of drug-likeness (QED) is 0.297. The number of hydrogen-bond donors (Lipinski definition) is 2. The van der Waals surface area contributed by atoms with Crippen LogP contribution in [-0.4, -0.2) is 53.3 Å². The minimum Gasteiger partial charge on any atom is -0.349 e. The van der Waals surface area contributed by atoms with Crippen LogP contribution in [0, 0.1) is 17.8 Å². The van der Waals surface area contributed by atoms with Crippen molar-refractivity contribution in [2.75, 3.05) is 0 Å². The van der Waals surface area contributed by atoms with E-state index in [4.69, 9.17) is 4.98 Å². The summed E-state index contributed by atoms with van der Waals surface area (Å²) in [5.41, 5.74) is 1.77. The van der Waals surface area contributed by atoms with E-state index in [1.165, 1.54) is 6.20 Å². The monoisotopic (exact) mass is 604 g/mol. The second-order valence-electron chi connectivity index (χ2n) is 12.3. The SMILES string of the molecule is CCCC(=O)N[C@@H](c1cnn2cc([C@@H](NC(=O)c3cnn(CC4CC4(F)F)n3)C3CCC(F)(F)CC3)nc2c1)C1CCC1. The molecule has 3 heterocycles. The molecule has 0 spiro atoms. The molecular formula is C29H36F4N8O2. The van der Waals surface area contributed by atoms with Crippen LogP contribution in [0.2, 0.25) is 0 Å². The Bertz CT molecular complexity index is 1480. The van der Waals surface area contributed by atoms with Crippen LogP contribution in [0.3, 0.4) is 0 Å². The van der Waals surface area contributed by atoms with Crippen molar-refractivity contribution in [1.82, 2.24) is 40.2 Å². The van der Waals surface area contributed by atoms with Gasteiger partial charge in [-0.3, -0.25) is 9.59 Å². The fourth-order valence-corrected chi connectivity index (χ4v) is 6.15. The van der Waals surface area contributed by atoms with Gasteiger partial charge in [0.2, 0.25) is 11.8 Å². The fourth-order valence-electron chi connectivity index (χ4n) is 6.15. The van der Waals surface area contributed by atoms with Crippen molar-refractivity contribution < 1.29 is 27.2 Å². The number of carbonyl (C=O) groups is 2. The Labute approximate surface area is 246 Å². The summed E-state index contributed by atoms with van der Waals surface area (Å²) < 4.78 is 56.3. The van der Waals surface area contributed by atoms with Gasteiger partial charge in [-0.15, -0.1) is 5.10 Å². The van der Waals surface area contributed by atoms with Gasteiger partial charge in [0.1, 0.15) is 0 Å². The van der Waals surface area contributed by atoms with Crippen LogP contribution in [-0.2, 0) is 11.3 Å². The van der Waals surface area contributed by atoms with Crippen LogP contribution < -0.4 is 10.6 Å². The van der Waals surface area contributed by atoms with Crippen molar-refractivity contribution >= 4 is 17.5 Å². The Morgan fingerprint density at radius 2 is 1.74 bits per heavy atom. The molecule has 0 aliphatic heterocycles. The average molecular weight is 605 g/mol. The lowest BCUT2D eigenvalue weighted by Crippen LogP contribution is -2.37. The Morgan fingerprint density at radius 1 is 1.02 bits per heavy atom. The first-order chi connectivity index (χ1) is 20.5. The molecule has 14 heteroatoms. The molecule has 3 aliphatic rings. The van der Waals surface area contributed by atoms with Gasteiger partial charge >= 0.3 is 0 Å². The van der Waals surface area contributed by atoms with Crippen LogP contribution in [0.4, 0.5) is 17.6 Å². The third kappa shape index (κ3) is 6.52. The summed E-state index contributed by atoms with van der Waals surface area (Å²) in [7, 11) is 0. The summed E-state index contributed by atoms with van der Waals surface area (Å²) in [6.07, 6.45) is 8.45. The number of amides is 2. The zero-order chi connectivity index (χ0) is 30.4. The molecule has 3 atom stereocenters. The lowest BCUT2D eigenvalue weighted by molar-refractivity contribution is -0.122. The normalized spacial score (nSPS) is 23.0. The van der Waals surface area contributed by atoms with Gasteiger partial charge in [-0.25, -0.2) is 27.1 Å². The topological polar surface area (TPSA) is 119 Å². The summed E-state index contributed by atoms with van der Waals surface area (Å²) in [6.45, 7) is 1.86. The van der Waals surface area contributed by atoms with Crippen molar-refractivity contribution in [2.24, 2.45) is 17.8 Å². The van der Waals surface area contributed by atoms with Crippen LogP contribution in [0.5, 0.6) is 0 Å². The molecule has 0 saturated heterocycles. The number of nitrogens with zero attached hydrogens (tertiary/aromatic N) is 6. The molecule has 0 radical (unpaired) electrons. The maximum absolute atomic E-state index is 14.0. The summed E-state index contributed by atoms with van der Waals surface area (Å²) in [6, 6.07) is 0.983. The van der Waals surface area contributed by atoms with Crippen LogP contribution >= 0.6 is 0 Å². The minimum atomic E-state index is -2.76. The molecule has 6 rings (SSSR count). The molecule has 0 bridgehead atoms. The first-order valence-electron chi connectivity index (χ1n) is 15.1. The van der Waals surface area contributed by atoms with Crippen LogP contribution in [0.15, 0.2) is 24.7 Å². The molecule has 3 aromatic rings. The number of aromatic nitrogens is 6. The van der Waals surface area contributed by atoms with Gasteiger partial charge in [-0.2, -0.15) is 15.0 Å². The first-order valence-corrected chi connectivity index (χ1v) is 15.1. The summed E-state index contributed by atoms with van der Waals surface area (Å²) >= 11 is 0. The number of halogens is 4. The standard InChI is InChI=1S/C29H36F4N8O2/c1-2-4-24(42)37-25(17-5-3-6-17)19-11-23-36-22(16-40(23)34-13-19)26(18-7-9-28(30,31)10-8-18)38-27(43)21-14-35-41(39-21)15-20-12-29(20,32)33/h11,13-14,16-18,20,25-26H,2-10,12,15H2,1H3,(H,37,42)(H,38,43)/t20?,25-,26+/m1/s1. The fraction of sp³-hybridized carbons (Fsp3) is 0.655. The van der Waals surface area contributed by atoms with Gasteiger partial charge in [0.25, 0.3) is 11.8 Å². The molecule has 43 heavy (non-hydrogen) atoms. The van der Waals surface area contributed by atoms with Gasteiger partial charge in [-0.05, 0) is 55.6 Å². The van der Waals surface area contributed by atoms with Gasteiger partial charge in [0, 0.05) is 31.6 Å². The Balaban J connectivity index is 1.24. The molecule has 0 aromatic carbocycles. The van der Waals surface area contributed by atoms with E-state index in [2.05, 4.69) is 25.9 Å². The number of fused-ring (bicyclic) bond motifs is 1. The van der Waals surface area contributed by atoms with Crippen molar-refractivity contribution in [3.8, 4) is 0 Å². The Morgan fingerprint density at radius 3 is 2.40 bits per heavy atom. The van der Waals surface area contributed by atoms with Gasteiger partial charge in [-0.1, -0.05) is 13.3 Å². The van der Waals surface area contributed by atoms with Crippen LogP contribution in [0.25, 0.3) is 5.65 Å². The number of alkyl halides is 4. The number of hydrogen-bond acceptors (Lipinski definition) is 6. The van der Waals surface area contributed by atoms with Crippen molar-refractivity contribution in [1.29, 1.82) is 0 Å². The number of carbonyl (C=O) groups excluding carboxylic acids is 2. The van der Waals surface area contributed by atoms with Gasteiger partial charge in [0.05, 0.1) is 42.9 Å². The smallest absolute Gasteiger partial charge is 0.274 e. The van der Waals surface area contributed by atoms with Crippen LogP contribution in [0.1, 0.15) is 105 Å². The third-order valence-corrected chi connectivity index (χ3v) is 9.08. The van der Waals surface area contributed by atoms with E-state index in [0.717, 1.165) is 36.0 Å². The van der Waals surface area contributed by atoms with E-state index < -0.39 is 29.7 Å². The second kappa shape index (κ2) is 11.5. The molecule has 2 N–H and O–H groups in total. The highest BCUT2D eigenvalue weighted by atomic mass is 19.3. The summed E-state index contributed by atoms with van der Waals surface area (Å²) in [5.74, 6) is -6.95. The van der Waals surface area contributed by atoms with E-state index in [9.17, 15) is 27.2 Å². The lowest BCUT2D eigenvalue weighted by atomic mass is 9.77. The first kappa shape index (κ1) is 29.5. The predicted molar refractivity (Wildman–Crippen MR) is 146 cm³/mol. The van der Waals surface area contributed by atoms with E-state index in [-0.39, 0.29) is 62.2 Å². The van der Waals surface area contributed by atoms with E-state index in [0.29, 0.717) is 23.7 Å². The largest absolute Gasteiger partial charge is 0.349 e. The van der Waals surface area contributed by atoms with E-state index in [1.54, 1.807) is 16.9 Å². The maximum Gasteiger partial charge on any atom is 0.274 e. The predicted octanol–water partition coefficient (Wildman–Crippen LogP) is 5.03. The highest BCUT2D eigenvalue weighted by molar-refractivity contribution is 5.92. The maximum atomic E-state index is 14.0. The van der Waals surface area contributed by atoms with E-state index in [1.807, 2.05) is 13.0 Å². The number of rotatable bonds is 11. The molecule has 3 aliphatic carbocycles. The highest BCUT2D eigenvalue weighted by Gasteiger charge is 2.57. The summed E-state index contributed by atoms with van der Waals surface area (Å²) in [5, 5.41) is 18.6. The second-order valence-corrected chi connectivity index (χ2v) is 12.3. The Hall–Kier alpha value is -3.58. The Kier molecular flexibility index (Phi) is 7.88.